The van der Waals surface area contributed by atoms with Crippen LogP contribution in [0.4, 0.5) is 5.82 Å². The van der Waals surface area contributed by atoms with Gasteiger partial charge >= 0.3 is 0 Å². The summed E-state index contributed by atoms with van der Waals surface area (Å²) in [6.45, 7) is 1.14. The molecule has 6 nitrogen and oxygen atoms in total. The van der Waals surface area contributed by atoms with Crippen molar-refractivity contribution < 1.29 is 14.3 Å². The number of thioether (sulfide) groups is 1. The first kappa shape index (κ1) is 13.5. The molecule has 3 heterocycles. The zero-order valence-corrected chi connectivity index (χ0v) is 12.9. The minimum atomic E-state index is -0.00473. The summed E-state index contributed by atoms with van der Waals surface area (Å²) in [6, 6.07) is 5.96. The van der Waals surface area contributed by atoms with Crippen LogP contribution in [0.3, 0.4) is 0 Å². The van der Waals surface area contributed by atoms with Gasteiger partial charge in [0.2, 0.25) is 5.91 Å². The molecule has 2 aliphatic rings. The van der Waals surface area contributed by atoms with E-state index in [2.05, 4.69) is 10.4 Å². The van der Waals surface area contributed by atoms with Crippen molar-refractivity contribution in [3.63, 3.8) is 0 Å². The SMILES string of the molecule is Cn1ncc2c1NC(=O)CS[C@H]2c1ccc2c(c1)OCCO2. The number of amides is 1. The lowest BCUT2D eigenvalue weighted by Gasteiger charge is -2.21. The van der Waals surface area contributed by atoms with E-state index in [1.165, 1.54) is 0 Å². The van der Waals surface area contributed by atoms with Crippen molar-refractivity contribution in [3.05, 3.63) is 35.5 Å². The fourth-order valence-corrected chi connectivity index (χ4v) is 3.80. The van der Waals surface area contributed by atoms with Crippen LogP contribution in [0.25, 0.3) is 0 Å². The van der Waals surface area contributed by atoms with Crippen LogP contribution in [0.1, 0.15) is 16.4 Å². The number of aryl methyl sites for hydroxylation is 1. The Morgan fingerprint density at radius 1 is 1.32 bits per heavy atom. The summed E-state index contributed by atoms with van der Waals surface area (Å²) in [5.74, 6) is 2.70. The van der Waals surface area contributed by atoms with Gasteiger partial charge in [-0.05, 0) is 17.7 Å². The fourth-order valence-electron chi connectivity index (χ4n) is 2.72. The van der Waals surface area contributed by atoms with Gasteiger partial charge in [-0.2, -0.15) is 5.10 Å². The van der Waals surface area contributed by atoms with Gasteiger partial charge in [-0.3, -0.25) is 9.48 Å². The first-order valence-electron chi connectivity index (χ1n) is 7.05. The van der Waals surface area contributed by atoms with Gasteiger partial charge in [0.15, 0.2) is 11.5 Å². The van der Waals surface area contributed by atoms with E-state index in [9.17, 15) is 4.79 Å². The fraction of sp³-hybridized carbons (Fsp3) is 0.333. The molecule has 1 aromatic heterocycles. The van der Waals surface area contributed by atoms with Gasteiger partial charge in [0.05, 0.1) is 17.2 Å². The highest BCUT2D eigenvalue weighted by molar-refractivity contribution is 8.00. The summed E-state index contributed by atoms with van der Waals surface area (Å²) in [4.78, 5) is 11.9. The van der Waals surface area contributed by atoms with Crippen LogP contribution in [-0.4, -0.2) is 34.7 Å². The number of hydrogen-bond acceptors (Lipinski definition) is 5. The summed E-state index contributed by atoms with van der Waals surface area (Å²) < 4.78 is 12.9. The maximum Gasteiger partial charge on any atom is 0.235 e. The molecule has 0 unspecified atom stereocenters. The molecule has 0 spiro atoms. The van der Waals surface area contributed by atoms with E-state index in [4.69, 9.17) is 9.47 Å². The highest BCUT2D eigenvalue weighted by atomic mass is 32.2. The molecule has 1 amide bonds. The lowest BCUT2D eigenvalue weighted by atomic mass is 10.1. The molecular weight excluding hydrogens is 302 g/mol. The lowest BCUT2D eigenvalue weighted by molar-refractivity contribution is -0.113. The van der Waals surface area contributed by atoms with Crippen LogP contribution in [0.2, 0.25) is 0 Å². The first-order chi connectivity index (χ1) is 10.7. The summed E-state index contributed by atoms with van der Waals surface area (Å²) >= 11 is 1.59. The summed E-state index contributed by atoms with van der Waals surface area (Å²) in [5.41, 5.74) is 2.09. The van der Waals surface area contributed by atoms with Crippen molar-refractivity contribution in [1.82, 2.24) is 9.78 Å². The Labute approximate surface area is 131 Å². The van der Waals surface area contributed by atoms with Crippen LogP contribution >= 0.6 is 11.8 Å². The van der Waals surface area contributed by atoms with E-state index in [-0.39, 0.29) is 11.2 Å². The Morgan fingerprint density at radius 3 is 3.00 bits per heavy atom. The van der Waals surface area contributed by atoms with E-state index in [1.807, 2.05) is 31.4 Å². The van der Waals surface area contributed by atoms with Gasteiger partial charge in [-0.25, -0.2) is 0 Å². The zero-order chi connectivity index (χ0) is 15.1. The number of aromatic nitrogens is 2. The average molecular weight is 317 g/mol. The molecule has 22 heavy (non-hydrogen) atoms. The number of hydrogen-bond donors (Lipinski definition) is 1. The first-order valence-corrected chi connectivity index (χ1v) is 8.10. The zero-order valence-electron chi connectivity index (χ0n) is 12.0. The Balaban J connectivity index is 1.77. The molecule has 0 bridgehead atoms. The number of nitrogens with zero attached hydrogens (tertiary/aromatic N) is 2. The minimum Gasteiger partial charge on any atom is -0.486 e. The normalized spacial score (nSPS) is 20.0. The summed E-state index contributed by atoms with van der Waals surface area (Å²) in [5, 5.41) is 7.23. The molecule has 114 valence electrons. The molecule has 0 aliphatic carbocycles. The van der Waals surface area contributed by atoms with Gasteiger partial charge < -0.3 is 14.8 Å². The molecule has 4 rings (SSSR count). The van der Waals surface area contributed by atoms with Crippen LogP contribution in [0.5, 0.6) is 11.5 Å². The summed E-state index contributed by atoms with van der Waals surface area (Å²) in [6.07, 6.45) is 1.81. The predicted molar refractivity (Wildman–Crippen MR) is 83.6 cm³/mol. The second-order valence-electron chi connectivity index (χ2n) is 5.21. The highest BCUT2D eigenvalue weighted by Gasteiger charge is 2.28. The molecule has 2 aromatic rings. The van der Waals surface area contributed by atoms with Crippen LogP contribution < -0.4 is 14.8 Å². The lowest BCUT2D eigenvalue weighted by Crippen LogP contribution is -2.15. The largest absolute Gasteiger partial charge is 0.486 e. The number of fused-ring (bicyclic) bond motifs is 2. The molecule has 1 atom stereocenters. The van der Waals surface area contributed by atoms with Crippen molar-refractivity contribution in [1.29, 1.82) is 0 Å². The Hall–Kier alpha value is -2.15. The average Bonchev–Trinajstić information content (AvgIpc) is 2.79. The maximum atomic E-state index is 11.9. The molecule has 0 saturated heterocycles. The number of benzene rings is 1. The number of rotatable bonds is 1. The number of carbonyl (C=O) groups excluding carboxylic acids is 1. The Kier molecular flexibility index (Phi) is 3.22. The molecule has 0 fully saturated rings. The van der Waals surface area contributed by atoms with E-state index < -0.39 is 0 Å². The molecule has 2 aliphatic heterocycles. The maximum absolute atomic E-state index is 11.9. The number of carbonyl (C=O) groups is 1. The van der Waals surface area contributed by atoms with E-state index in [0.717, 1.165) is 28.4 Å². The monoisotopic (exact) mass is 317 g/mol. The molecular formula is C15H15N3O3S. The van der Waals surface area contributed by atoms with Crippen LogP contribution in [0.15, 0.2) is 24.4 Å². The summed E-state index contributed by atoms with van der Waals surface area (Å²) in [7, 11) is 1.83. The predicted octanol–water partition coefficient (Wildman–Crippen LogP) is 1.97. The van der Waals surface area contributed by atoms with Gasteiger partial charge in [0, 0.05) is 12.6 Å². The molecule has 0 radical (unpaired) electrons. The topological polar surface area (TPSA) is 65.4 Å². The Bertz CT molecular complexity index is 744. The third-order valence-corrected chi connectivity index (χ3v) is 5.05. The molecule has 1 N–H and O–H groups in total. The third kappa shape index (κ3) is 2.21. The van der Waals surface area contributed by atoms with Crippen molar-refractivity contribution in [2.45, 2.75) is 5.25 Å². The van der Waals surface area contributed by atoms with E-state index in [1.54, 1.807) is 16.4 Å². The van der Waals surface area contributed by atoms with Gasteiger partial charge in [0.25, 0.3) is 0 Å². The number of ether oxygens (including phenoxy) is 2. The van der Waals surface area contributed by atoms with Gasteiger partial charge in [0.1, 0.15) is 19.0 Å². The van der Waals surface area contributed by atoms with Gasteiger partial charge in [-0.1, -0.05) is 6.07 Å². The van der Waals surface area contributed by atoms with Crippen LogP contribution in [-0.2, 0) is 11.8 Å². The molecule has 1 aromatic carbocycles. The van der Waals surface area contributed by atoms with Crippen molar-refractivity contribution in [2.75, 3.05) is 24.3 Å². The standard InChI is InChI=1S/C15H15N3O3S/c1-18-15-10(7-16-18)14(22-8-13(19)17-15)9-2-3-11-12(6-9)21-5-4-20-11/h2-3,6-7,14H,4-5,8H2,1H3,(H,17,19)/t14-/m0/s1. The van der Waals surface area contributed by atoms with Crippen molar-refractivity contribution >= 4 is 23.5 Å². The smallest absolute Gasteiger partial charge is 0.235 e. The van der Waals surface area contributed by atoms with Gasteiger partial charge in [-0.15, -0.1) is 11.8 Å². The van der Waals surface area contributed by atoms with Crippen molar-refractivity contribution in [3.8, 4) is 11.5 Å². The Morgan fingerprint density at radius 2 is 2.14 bits per heavy atom. The van der Waals surface area contributed by atoms with Crippen molar-refractivity contribution in [2.24, 2.45) is 7.05 Å². The quantitative estimate of drug-likeness (QED) is 0.871. The second kappa shape index (κ2) is 5.24. The van der Waals surface area contributed by atoms with E-state index >= 15 is 0 Å². The number of nitrogens with one attached hydrogen (secondary N) is 1. The van der Waals surface area contributed by atoms with Crippen LogP contribution in [0, 0.1) is 0 Å². The molecule has 7 heteroatoms. The van der Waals surface area contributed by atoms with E-state index in [0.29, 0.717) is 19.0 Å². The molecule has 0 saturated carbocycles. The number of anilines is 1. The highest BCUT2D eigenvalue weighted by Crippen LogP contribution is 2.43. The third-order valence-electron chi connectivity index (χ3n) is 3.76. The minimum absolute atomic E-state index is 0.00473. The second-order valence-corrected chi connectivity index (χ2v) is 6.31.